The number of benzene rings is 2. The molecule has 1 amide bonds. The number of carbonyl (C=O) groups is 1. The number of amides is 1. The molecule has 0 heterocycles. The molecule has 0 aliphatic heterocycles. The van der Waals surface area contributed by atoms with E-state index in [4.69, 9.17) is 0 Å². The van der Waals surface area contributed by atoms with Crippen molar-refractivity contribution in [2.75, 3.05) is 5.32 Å². The van der Waals surface area contributed by atoms with E-state index in [1.54, 1.807) is 0 Å². The van der Waals surface area contributed by atoms with Gasteiger partial charge in [0.2, 0.25) is 0 Å². The van der Waals surface area contributed by atoms with Crippen LogP contribution in [0.5, 0.6) is 0 Å². The number of allylic oxidation sites excluding steroid dienone is 1. The third-order valence-corrected chi connectivity index (χ3v) is 3.34. The molecule has 24 heavy (non-hydrogen) atoms. The molecule has 128 valence electrons. The molecule has 0 atom stereocenters. The molecule has 0 aliphatic carbocycles. The quantitative estimate of drug-likeness (QED) is 0.655. The number of hydrogen-bond acceptors (Lipinski definition) is 1. The van der Waals surface area contributed by atoms with E-state index in [0.717, 1.165) is 12.1 Å². The van der Waals surface area contributed by atoms with Crippen LogP contribution in [0, 0.1) is 6.92 Å². The lowest BCUT2D eigenvalue weighted by Gasteiger charge is -2.06. The summed E-state index contributed by atoms with van der Waals surface area (Å²) in [5, 5.41) is 2.91. The van der Waals surface area contributed by atoms with E-state index in [0.29, 0.717) is 5.56 Å². The number of carbonyl (C=O) groups excluding carboxylic acids is 1. The molecule has 2 aromatic rings. The zero-order valence-electron chi connectivity index (χ0n) is 15.4. The Kier molecular flexibility index (Phi) is 8.56. The van der Waals surface area contributed by atoms with Gasteiger partial charge >= 0.3 is 0 Å². The number of aryl methyl sites for hydroxylation is 2. The largest absolute Gasteiger partial charge is 0.322 e. The summed E-state index contributed by atoms with van der Waals surface area (Å²) in [4.78, 5) is 12.1. The van der Waals surface area contributed by atoms with Crippen LogP contribution < -0.4 is 5.32 Å². The molecular formula is C22H29NO. The molecule has 0 fully saturated rings. The average molecular weight is 323 g/mol. The fourth-order valence-electron chi connectivity index (χ4n) is 2.04. The first-order chi connectivity index (χ1) is 11.4. The first-order valence-corrected chi connectivity index (χ1v) is 8.51. The third-order valence-electron chi connectivity index (χ3n) is 3.34. The van der Waals surface area contributed by atoms with Gasteiger partial charge < -0.3 is 5.32 Å². The van der Waals surface area contributed by atoms with Crippen LogP contribution in [-0.4, -0.2) is 5.91 Å². The van der Waals surface area contributed by atoms with Gasteiger partial charge in [0, 0.05) is 11.3 Å². The van der Waals surface area contributed by atoms with Gasteiger partial charge in [-0.3, -0.25) is 4.79 Å². The minimum Gasteiger partial charge on any atom is -0.322 e. The van der Waals surface area contributed by atoms with Crippen molar-refractivity contribution in [3.8, 4) is 0 Å². The molecule has 0 radical (unpaired) electrons. The van der Waals surface area contributed by atoms with Gasteiger partial charge in [0.25, 0.3) is 5.91 Å². The van der Waals surface area contributed by atoms with E-state index in [1.165, 1.54) is 29.5 Å². The summed E-state index contributed by atoms with van der Waals surface area (Å²) in [6.45, 7) is 11.7. The highest BCUT2D eigenvalue weighted by Crippen LogP contribution is 2.12. The molecular weight excluding hydrogens is 294 g/mol. The number of hydrogen-bond donors (Lipinski definition) is 1. The van der Waals surface area contributed by atoms with Crippen LogP contribution in [0.25, 0.3) is 0 Å². The Morgan fingerprint density at radius 3 is 2.04 bits per heavy atom. The fraction of sp³-hybridized carbons (Fsp3) is 0.318. The number of rotatable bonds is 5. The van der Waals surface area contributed by atoms with Crippen molar-refractivity contribution < 1.29 is 4.79 Å². The van der Waals surface area contributed by atoms with Crippen molar-refractivity contribution in [3.63, 3.8) is 0 Å². The van der Waals surface area contributed by atoms with E-state index in [-0.39, 0.29) is 5.91 Å². The van der Waals surface area contributed by atoms with Crippen molar-refractivity contribution >= 4 is 11.6 Å². The average Bonchev–Trinajstić information content (AvgIpc) is 2.55. The van der Waals surface area contributed by atoms with Crippen molar-refractivity contribution in [2.45, 2.75) is 47.0 Å². The van der Waals surface area contributed by atoms with E-state index < -0.39 is 0 Å². The summed E-state index contributed by atoms with van der Waals surface area (Å²) < 4.78 is 0. The van der Waals surface area contributed by atoms with Crippen LogP contribution in [0.1, 0.15) is 55.1 Å². The fourth-order valence-corrected chi connectivity index (χ4v) is 2.04. The van der Waals surface area contributed by atoms with Gasteiger partial charge in [0.1, 0.15) is 0 Å². The van der Waals surface area contributed by atoms with Crippen LogP contribution in [0.3, 0.4) is 0 Å². The normalized spacial score (nSPS) is 9.67. The first kappa shape index (κ1) is 19.7. The van der Waals surface area contributed by atoms with E-state index in [9.17, 15) is 4.79 Å². The summed E-state index contributed by atoms with van der Waals surface area (Å²) in [6.07, 6.45) is 3.46. The summed E-state index contributed by atoms with van der Waals surface area (Å²) in [7, 11) is 0. The molecule has 0 aliphatic rings. The maximum atomic E-state index is 12.1. The molecule has 2 heteroatoms. The highest BCUT2D eigenvalue weighted by Gasteiger charge is 2.05. The number of nitrogens with one attached hydrogen (secondary N) is 1. The minimum atomic E-state index is -0.0594. The van der Waals surface area contributed by atoms with Crippen molar-refractivity contribution in [2.24, 2.45) is 0 Å². The Labute approximate surface area is 146 Å². The van der Waals surface area contributed by atoms with Gasteiger partial charge in [0.15, 0.2) is 0 Å². The SMILES string of the molecule is C=C(C)C.CCCCc1ccc(C(=O)Nc2ccc(C)cc2)cc1. The number of unbranched alkanes of at least 4 members (excludes halogenated alkanes) is 1. The van der Waals surface area contributed by atoms with Gasteiger partial charge in [-0.25, -0.2) is 0 Å². The first-order valence-electron chi connectivity index (χ1n) is 8.51. The summed E-state index contributed by atoms with van der Waals surface area (Å²) in [5.74, 6) is -0.0594. The topological polar surface area (TPSA) is 29.1 Å². The second-order valence-corrected chi connectivity index (χ2v) is 6.33. The van der Waals surface area contributed by atoms with Crippen LogP contribution in [0.4, 0.5) is 5.69 Å². The second kappa shape index (κ2) is 10.4. The predicted octanol–water partition coefficient (Wildman–Crippen LogP) is 6.17. The maximum Gasteiger partial charge on any atom is 0.255 e. The van der Waals surface area contributed by atoms with Crippen LogP contribution in [0.2, 0.25) is 0 Å². The third kappa shape index (κ3) is 7.77. The lowest BCUT2D eigenvalue weighted by molar-refractivity contribution is 0.102. The highest BCUT2D eigenvalue weighted by atomic mass is 16.1. The standard InChI is InChI=1S/C18H21NO.C4H8/c1-3-4-5-15-8-10-16(11-9-15)18(20)19-17-12-6-14(2)7-13-17;1-4(2)3/h6-13H,3-5H2,1-2H3,(H,19,20);1H2,2-3H3. The molecule has 2 aromatic carbocycles. The molecule has 2 nitrogen and oxygen atoms in total. The molecule has 0 saturated heterocycles. The Bertz CT molecular complexity index is 635. The summed E-state index contributed by atoms with van der Waals surface area (Å²) >= 11 is 0. The highest BCUT2D eigenvalue weighted by molar-refractivity contribution is 6.04. The van der Waals surface area contributed by atoms with Crippen molar-refractivity contribution in [1.29, 1.82) is 0 Å². The van der Waals surface area contributed by atoms with Crippen LogP contribution >= 0.6 is 0 Å². The molecule has 0 saturated carbocycles. The maximum absolute atomic E-state index is 12.1. The molecule has 0 spiro atoms. The van der Waals surface area contributed by atoms with Gasteiger partial charge in [-0.1, -0.05) is 48.7 Å². The predicted molar refractivity (Wildman–Crippen MR) is 105 cm³/mol. The van der Waals surface area contributed by atoms with Crippen molar-refractivity contribution in [1.82, 2.24) is 0 Å². The lowest BCUT2D eigenvalue weighted by atomic mass is 10.1. The van der Waals surface area contributed by atoms with Gasteiger partial charge in [0.05, 0.1) is 0 Å². The Morgan fingerprint density at radius 2 is 1.54 bits per heavy atom. The monoisotopic (exact) mass is 323 g/mol. The lowest BCUT2D eigenvalue weighted by Crippen LogP contribution is -2.11. The van der Waals surface area contributed by atoms with Crippen LogP contribution in [-0.2, 0) is 6.42 Å². The van der Waals surface area contributed by atoms with Crippen LogP contribution in [0.15, 0.2) is 60.7 Å². The minimum absolute atomic E-state index is 0.0594. The van der Waals surface area contributed by atoms with Gasteiger partial charge in [-0.2, -0.15) is 0 Å². The second-order valence-electron chi connectivity index (χ2n) is 6.33. The van der Waals surface area contributed by atoms with Gasteiger partial charge in [-0.15, -0.1) is 6.58 Å². The van der Waals surface area contributed by atoms with E-state index in [2.05, 4.69) is 18.8 Å². The summed E-state index contributed by atoms with van der Waals surface area (Å²) in [5.41, 5.74) is 5.17. The van der Waals surface area contributed by atoms with E-state index in [1.807, 2.05) is 69.3 Å². The summed E-state index contributed by atoms with van der Waals surface area (Å²) in [6, 6.07) is 15.7. The van der Waals surface area contributed by atoms with Crippen molar-refractivity contribution in [3.05, 3.63) is 77.4 Å². The molecule has 0 aromatic heterocycles. The Hall–Kier alpha value is -2.35. The molecule has 2 rings (SSSR count). The number of anilines is 1. The molecule has 0 bridgehead atoms. The Balaban J connectivity index is 0.000000648. The van der Waals surface area contributed by atoms with E-state index >= 15 is 0 Å². The zero-order valence-corrected chi connectivity index (χ0v) is 15.4. The zero-order chi connectivity index (χ0) is 17.9. The Morgan fingerprint density at radius 1 is 1.00 bits per heavy atom. The van der Waals surface area contributed by atoms with Gasteiger partial charge in [-0.05, 0) is 63.4 Å². The smallest absolute Gasteiger partial charge is 0.255 e. The molecule has 0 unspecified atom stereocenters. The molecule has 1 N–H and O–H groups in total.